The lowest BCUT2D eigenvalue weighted by atomic mass is 10.1. The number of phenolic OH excluding ortho intramolecular Hbond substituents is 1. The Balaban J connectivity index is 2.46. The van der Waals surface area contributed by atoms with Crippen molar-refractivity contribution in [3.63, 3.8) is 0 Å². The second-order valence-corrected chi connectivity index (χ2v) is 3.75. The van der Waals surface area contributed by atoms with Gasteiger partial charge in [-0.25, -0.2) is 4.79 Å². The SMILES string of the molecule is CCn1cc(-c2ccc(O)cc2)cc1C(=O)O. The summed E-state index contributed by atoms with van der Waals surface area (Å²) in [5.41, 5.74) is 2.00. The van der Waals surface area contributed by atoms with Crippen molar-refractivity contribution in [1.29, 1.82) is 0 Å². The smallest absolute Gasteiger partial charge is 0.352 e. The summed E-state index contributed by atoms with van der Waals surface area (Å²) in [5, 5.41) is 18.2. The minimum Gasteiger partial charge on any atom is -0.508 e. The molecule has 2 N–H and O–H groups in total. The molecule has 4 nitrogen and oxygen atoms in total. The number of aromatic nitrogens is 1. The molecule has 0 aliphatic rings. The Kier molecular flexibility index (Phi) is 2.87. The van der Waals surface area contributed by atoms with Crippen LogP contribution in [0.2, 0.25) is 0 Å². The molecule has 0 unspecified atom stereocenters. The molecule has 1 aromatic heterocycles. The van der Waals surface area contributed by atoms with Crippen molar-refractivity contribution < 1.29 is 15.0 Å². The van der Waals surface area contributed by atoms with Crippen LogP contribution in [-0.2, 0) is 6.54 Å². The first-order valence-electron chi connectivity index (χ1n) is 5.34. The zero-order chi connectivity index (χ0) is 12.4. The molecular formula is C13H13NO3. The van der Waals surface area contributed by atoms with Crippen molar-refractivity contribution in [1.82, 2.24) is 4.57 Å². The van der Waals surface area contributed by atoms with E-state index in [0.717, 1.165) is 11.1 Å². The van der Waals surface area contributed by atoms with Crippen LogP contribution < -0.4 is 0 Å². The first-order valence-corrected chi connectivity index (χ1v) is 5.34. The van der Waals surface area contributed by atoms with Gasteiger partial charge in [0.2, 0.25) is 0 Å². The zero-order valence-corrected chi connectivity index (χ0v) is 9.42. The number of benzene rings is 1. The Morgan fingerprint density at radius 1 is 1.24 bits per heavy atom. The number of aromatic hydroxyl groups is 1. The van der Waals surface area contributed by atoms with Gasteiger partial charge in [-0.2, -0.15) is 0 Å². The summed E-state index contributed by atoms with van der Waals surface area (Å²) >= 11 is 0. The van der Waals surface area contributed by atoms with Gasteiger partial charge in [0.15, 0.2) is 0 Å². The molecule has 0 saturated heterocycles. The summed E-state index contributed by atoms with van der Waals surface area (Å²) in [5.74, 6) is -0.737. The van der Waals surface area contributed by atoms with Gasteiger partial charge < -0.3 is 14.8 Å². The molecule has 0 radical (unpaired) electrons. The Morgan fingerprint density at radius 2 is 1.88 bits per heavy atom. The van der Waals surface area contributed by atoms with Crippen molar-refractivity contribution in [3.05, 3.63) is 42.2 Å². The van der Waals surface area contributed by atoms with Gasteiger partial charge in [-0.15, -0.1) is 0 Å². The second kappa shape index (κ2) is 4.33. The molecule has 88 valence electrons. The van der Waals surface area contributed by atoms with Crippen LogP contribution in [0, 0.1) is 0 Å². The minimum atomic E-state index is -0.933. The van der Waals surface area contributed by atoms with Crippen molar-refractivity contribution in [3.8, 4) is 16.9 Å². The molecule has 0 fully saturated rings. The number of aryl methyl sites for hydroxylation is 1. The molecular weight excluding hydrogens is 218 g/mol. The number of aromatic carboxylic acids is 1. The maximum atomic E-state index is 11.0. The van der Waals surface area contributed by atoms with Gasteiger partial charge in [0.05, 0.1) is 0 Å². The van der Waals surface area contributed by atoms with Crippen LogP contribution in [0.25, 0.3) is 11.1 Å². The van der Waals surface area contributed by atoms with E-state index < -0.39 is 5.97 Å². The summed E-state index contributed by atoms with van der Waals surface area (Å²) in [6.45, 7) is 2.51. The van der Waals surface area contributed by atoms with Crippen molar-refractivity contribution in [2.45, 2.75) is 13.5 Å². The average Bonchev–Trinajstić information content (AvgIpc) is 2.74. The fourth-order valence-electron chi connectivity index (χ4n) is 1.76. The first kappa shape index (κ1) is 11.3. The van der Waals surface area contributed by atoms with E-state index in [-0.39, 0.29) is 11.4 Å². The summed E-state index contributed by atoms with van der Waals surface area (Å²) < 4.78 is 1.69. The molecule has 0 aliphatic heterocycles. The van der Waals surface area contributed by atoms with Gasteiger partial charge in [-0.3, -0.25) is 0 Å². The predicted molar refractivity (Wildman–Crippen MR) is 64.2 cm³/mol. The normalized spacial score (nSPS) is 10.4. The van der Waals surface area contributed by atoms with E-state index in [0.29, 0.717) is 6.54 Å². The molecule has 1 aromatic carbocycles. The molecule has 0 bridgehead atoms. The number of phenols is 1. The number of carbonyl (C=O) groups is 1. The van der Waals surface area contributed by atoms with Crippen LogP contribution in [0.4, 0.5) is 0 Å². The van der Waals surface area contributed by atoms with E-state index in [2.05, 4.69) is 0 Å². The van der Waals surface area contributed by atoms with Gasteiger partial charge in [0, 0.05) is 18.3 Å². The van der Waals surface area contributed by atoms with Crippen molar-refractivity contribution >= 4 is 5.97 Å². The molecule has 17 heavy (non-hydrogen) atoms. The van der Waals surface area contributed by atoms with E-state index in [9.17, 15) is 9.90 Å². The standard InChI is InChI=1S/C13H13NO3/c1-2-14-8-10(7-12(14)13(16)17)9-3-5-11(15)6-4-9/h3-8,15H,2H2,1H3,(H,16,17). The zero-order valence-electron chi connectivity index (χ0n) is 9.42. The van der Waals surface area contributed by atoms with Gasteiger partial charge in [0.25, 0.3) is 0 Å². The highest BCUT2D eigenvalue weighted by Gasteiger charge is 2.12. The molecule has 4 heteroatoms. The van der Waals surface area contributed by atoms with E-state index in [4.69, 9.17) is 5.11 Å². The van der Waals surface area contributed by atoms with Crippen LogP contribution in [0.5, 0.6) is 5.75 Å². The van der Waals surface area contributed by atoms with E-state index in [1.165, 1.54) is 0 Å². The van der Waals surface area contributed by atoms with E-state index in [1.807, 2.05) is 6.92 Å². The van der Waals surface area contributed by atoms with Crippen molar-refractivity contribution in [2.75, 3.05) is 0 Å². The molecule has 0 atom stereocenters. The summed E-state index contributed by atoms with van der Waals surface area (Å²) in [4.78, 5) is 11.0. The van der Waals surface area contributed by atoms with Crippen molar-refractivity contribution in [2.24, 2.45) is 0 Å². The topological polar surface area (TPSA) is 62.5 Å². The lowest BCUT2D eigenvalue weighted by molar-refractivity contribution is 0.0685. The molecule has 0 spiro atoms. The number of hydrogen-bond acceptors (Lipinski definition) is 2. The highest BCUT2D eigenvalue weighted by atomic mass is 16.4. The predicted octanol–water partition coefficient (Wildman–Crippen LogP) is 2.58. The monoisotopic (exact) mass is 231 g/mol. The molecule has 0 aliphatic carbocycles. The number of nitrogens with zero attached hydrogens (tertiary/aromatic N) is 1. The van der Waals surface area contributed by atoms with Gasteiger partial charge >= 0.3 is 5.97 Å². The van der Waals surface area contributed by atoms with Crippen LogP contribution >= 0.6 is 0 Å². The molecule has 0 amide bonds. The molecule has 0 saturated carbocycles. The maximum Gasteiger partial charge on any atom is 0.352 e. The van der Waals surface area contributed by atoms with Crippen LogP contribution in [0.15, 0.2) is 36.5 Å². The fourth-order valence-corrected chi connectivity index (χ4v) is 1.76. The Labute approximate surface area is 98.8 Å². The summed E-state index contributed by atoms with van der Waals surface area (Å²) in [6.07, 6.45) is 1.80. The third kappa shape index (κ3) is 2.15. The Morgan fingerprint density at radius 3 is 2.35 bits per heavy atom. The quantitative estimate of drug-likeness (QED) is 0.853. The lowest BCUT2D eigenvalue weighted by Gasteiger charge is -1.99. The maximum absolute atomic E-state index is 11.0. The van der Waals surface area contributed by atoms with Crippen LogP contribution in [-0.4, -0.2) is 20.7 Å². The number of hydrogen-bond donors (Lipinski definition) is 2. The van der Waals surface area contributed by atoms with Crippen LogP contribution in [0.1, 0.15) is 17.4 Å². The minimum absolute atomic E-state index is 0.196. The number of rotatable bonds is 3. The first-order chi connectivity index (χ1) is 8.11. The molecule has 1 heterocycles. The average molecular weight is 231 g/mol. The van der Waals surface area contributed by atoms with Gasteiger partial charge in [-0.05, 0) is 30.7 Å². The molecule has 2 rings (SSSR count). The highest BCUT2D eigenvalue weighted by molar-refractivity contribution is 5.88. The van der Waals surface area contributed by atoms with Gasteiger partial charge in [-0.1, -0.05) is 12.1 Å². The second-order valence-electron chi connectivity index (χ2n) is 3.75. The number of carboxylic acid groups (broad SMARTS) is 1. The van der Waals surface area contributed by atoms with Gasteiger partial charge in [0.1, 0.15) is 11.4 Å². The lowest BCUT2D eigenvalue weighted by Crippen LogP contribution is -2.05. The summed E-state index contributed by atoms with van der Waals surface area (Å²) in [6, 6.07) is 8.32. The van der Waals surface area contributed by atoms with E-state index >= 15 is 0 Å². The summed E-state index contributed by atoms with van der Waals surface area (Å²) in [7, 11) is 0. The Hall–Kier alpha value is -2.23. The third-order valence-electron chi connectivity index (χ3n) is 2.66. The Bertz CT molecular complexity index is 540. The number of carboxylic acids is 1. The van der Waals surface area contributed by atoms with E-state index in [1.54, 1.807) is 41.1 Å². The highest BCUT2D eigenvalue weighted by Crippen LogP contribution is 2.24. The molecule has 2 aromatic rings. The largest absolute Gasteiger partial charge is 0.508 e. The fraction of sp³-hybridized carbons (Fsp3) is 0.154. The van der Waals surface area contributed by atoms with Crippen LogP contribution in [0.3, 0.4) is 0 Å². The third-order valence-corrected chi connectivity index (χ3v) is 2.66.